The first-order valence-electron chi connectivity index (χ1n) is 7.47. The van der Waals surface area contributed by atoms with Crippen LogP contribution >= 0.6 is 0 Å². The van der Waals surface area contributed by atoms with Crippen molar-refractivity contribution >= 4 is 34.4 Å². The summed E-state index contributed by atoms with van der Waals surface area (Å²) in [5.74, 6) is -1.01. The van der Waals surface area contributed by atoms with Gasteiger partial charge in [-0.05, 0) is 11.5 Å². The molecule has 0 unspecified atom stereocenters. The van der Waals surface area contributed by atoms with E-state index < -0.39 is 17.9 Å². The second-order valence-electron chi connectivity index (χ2n) is 4.61. The predicted molar refractivity (Wildman–Crippen MR) is 86.5 cm³/mol. The molecule has 0 radical (unpaired) electrons. The minimum absolute atomic E-state index is 0.0698. The zero-order chi connectivity index (χ0) is 16.8. The average Bonchev–Trinajstić information content (AvgIpc) is 2.89. The number of hydroxylamine groups is 2. The van der Waals surface area contributed by atoms with Crippen LogP contribution in [0.4, 0.5) is 10.5 Å². The first kappa shape index (κ1) is 16.5. The topological polar surface area (TPSA) is 75.7 Å². The third-order valence-corrected chi connectivity index (χ3v) is 3.21. The Kier molecular flexibility index (Phi) is 5.30. The summed E-state index contributed by atoms with van der Waals surface area (Å²) in [7, 11) is 0. The highest BCUT2D eigenvalue weighted by Gasteiger charge is 2.32. The van der Waals surface area contributed by atoms with Crippen molar-refractivity contribution in [1.82, 2.24) is 5.06 Å². The van der Waals surface area contributed by atoms with Crippen LogP contribution in [0.5, 0.6) is 0 Å². The van der Waals surface area contributed by atoms with Gasteiger partial charge in [-0.15, -0.1) is 5.06 Å². The number of hydrogen-bond donors (Lipinski definition) is 1. The SMILES string of the molecule is CC.O=C(Nc1cccc2ccccc12)ON1C(=O)CCC1=O. The molecule has 0 bridgehead atoms. The largest absolute Gasteiger partial charge is 0.436 e. The van der Waals surface area contributed by atoms with Crippen LogP contribution in [-0.2, 0) is 14.4 Å². The zero-order valence-electron chi connectivity index (χ0n) is 13.0. The Morgan fingerprint density at radius 3 is 2.30 bits per heavy atom. The predicted octanol–water partition coefficient (Wildman–Crippen LogP) is 3.48. The van der Waals surface area contributed by atoms with Crippen molar-refractivity contribution in [1.29, 1.82) is 0 Å². The highest BCUT2D eigenvalue weighted by Crippen LogP contribution is 2.23. The van der Waals surface area contributed by atoms with Crippen molar-refractivity contribution in [2.24, 2.45) is 0 Å². The summed E-state index contributed by atoms with van der Waals surface area (Å²) >= 11 is 0. The Morgan fingerprint density at radius 2 is 1.61 bits per heavy atom. The monoisotopic (exact) mass is 314 g/mol. The number of imide groups is 1. The molecule has 1 aliphatic heterocycles. The van der Waals surface area contributed by atoms with Gasteiger partial charge in [0.15, 0.2) is 0 Å². The van der Waals surface area contributed by atoms with Crippen molar-refractivity contribution in [3.8, 4) is 0 Å². The number of nitrogens with one attached hydrogen (secondary N) is 1. The van der Waals surface area contributed by atoms with Gasteiger partial charge in [0.2, 0.25) is 0 Å². The van der Waals surface area contributed by atoms with Gasteiger partial charge < -0.3 is 4.84 Å². The van der Waals surface area contributed by atoms with Crippen LogP contribution in [0.3, 0.4) is 0 Å². The minimum atomic E-state index is -0.866. The molecule has 2 aromatic rings. The molecule has 0 saturated carbocycles. The molecule has 0 atom stereocenters. The van der Waals surface area contributed by atoms with Crippen LogP contribution < -0.4 is 5.32 Å². The van der Waals surface area contributed by atoms with Crippen LogP contribution in [0.25, 0.3) is 10.8 Å². The number of benzene rings is 2. The Balaban J connectivity index is 0.000000924. The van der Waals surface area contributed by atoms with Crippen molar-refractivity contribution in [3.05, 3.63) is 42.5 Å². The number of anilines is 1. The number of carbonyl (C=O) groups excluding carboxylic acids is 3. The molecule has 0 aromatic heterocycles. The standard InChI is InChI=1S/C15H12N2O4.C2H6/c18-13-8-9-14(19)17(13)21-15(20)16-12-7-3-5-10-4-1-2-6-11(10)12;1-2/h1-7H,8-9H2,(H,16,20);1-2H3. The van der Waals surface area contributed by atoms with Crippen LogP contribution in [0.15, 0.2) is 42.5 Å². The molecular formula is C17H18N2O4. The van der Waals surface area contributed by atoms with Crippen molar-refractivity contribution < 1.29 is 19.2 Å². The van der Waals surface area contributed by atoms with Gasteiger partial charge in [-0.3, -0.25) is 14.9 Å². The first-order chi connectivity index (χ1) is 11.1. The molecule has 0 aliphatic carbocycles. The highest BCUT2D eigenvalue weighted by atomic mass is 16.7. The van der Waals surface area contributed by atoms with Crippen LogP contribution in [-0.4, -0.2) is 23.0 Å². The molecule has 1 saturated heterocycles. The summed E-state index contributed by atoms with van der Waals surface area (Å²) in [6, 6.07) is 13.0. The van der Waals surface area contributed by atoms with Crippen molar-refractivity contribution in [3.63, 3.8) is 0 Å². The molecule has 0 spiro atoms. The summed E-state index contributed by atoms with van der Waals surface area (Å²) < 4.78 is 0. The van der Waals surface area contributed by atoms with Crippen LogP contribution in [0.2, 0.25) is 0 Å². The maximum Gasteiger partial charge on any atom is 0.436 e. The van der Waals surface area contributed by atoms with Gasteiger partial charge in [0.25, 0.3) is 11.8 Å². The summed E-state index contributed by atoms with van der Waals surface area (Å²) in [4.78, 5) is 39.4. The molecule has 2 aromatic carbocycles. The van der Waals surface area contributed by atoms with E-state index in [1.165, 1.54) is 0 Å². The number of rotatable bonds is 2. The molecule has 1 N–H and O–H groups in total. The molecule has 1 aliphatic rings. The Bertz CT molecular complexity index is 721. The van der Waals surface area contributed by atoms with E-state index in [4.69, 9.17) is 4.84 Å². The summed E-state index contributed by atoms with van der Waals surface area (Å²) in [6.45, 7) is 4.00. The number of nitrogens with zero attached hydrogens (tertiary/aromatic N) is 1. The third-order valence-electron chi connectivity index (χ3n) is 3.21. The zero-order valence-corrected chi connectivity index (χ0v) is 13.0. The molecule has 6 nitrogen and oxygen atoms in total. The van der Waals surface area contributed by atoms with Crippen molar-refractivity contribution in [2.75, 3.05) is 5.32 Å². The van der Waals surface area contributed by atoms with Gasteiger partial charge in [-0.25, -0.2) is 4.79 Å². The van der Waals surface area contributed by atoms with Gasteiger partial charge >= 0.3 is 6.09 Å². The Labute approximate surface area is 134 Å². The fourth-order valence-electron chi connectivity index (χ4n) is 2.21. The lowest BCUT2D eigenvalue weighted by Crippen LogP contribution is -2.33. The minimum Gasteiger partial charge on any atom is -0.311 e. The molecule has 1 fully saturated rings. The summed E-state index contributed by atoms with van der Waals surface area (Å²) in [5.41, 5.74) is 0.553. The maximum absolute atomic E-state index is 11.8. The molecule has 23 heavy (non-hydrogen) atoms. The van der Waals surface area contributed by atoms with E-state index in [9.17, 15) is 14.4 Å². The van der Waals surface area contributed by atoms with E-state index >= 15 is 0 Å². The number of amides is 3. The van der Waals surface area contributed by atoms with E-state index in [1.54, 1.807) is 12.1 Å². The van der Waals surface area contributed by atoms with Crippen LogP contribution in [0, 0.1) is 0 Å². The molecule has 120 valence electrons. The van der Waals surface area contributed by atoms with Gasteiger partial charge in [0.1, 0.15) is 0 Å². The summed E-state index contributed by atoms with van der Waals surface area (Å²) in [6.07, 6.45) is -0.726. The second kappa shape index (κ2) is 7.40. The van der Waals surface area contributed by atoms with E-state index in [1.807, 2.05) is 44.2 Å². The normalized spacial score (nSPS) is 13.6. The molecule has 1 heterocycles. The Morgan fingerprint density at radius 1 is 1.00 bits per heavy atom. The smallest absolute Gasteiger partial charge is 0.311 e. The van der Waals surface area contributed by atoms with E-state index in [2.05, 4.69) is 5.32 Å². The molecule has 3 amide bonds. The second-order valence-corrected chi connectivity index (χ2v) is 4.61. The number of carbonyl (C=O) groups is 3. The molecule has 3 rings (SSSR count). The van der Waals surface area contributed by atoms with Gasteiger partial charge in [-0.2, -0.15) is 0 Å². The van der Waals surface area contributed by atoms with E-state index in [-0.39, 0.29) is 12.8 Å². The average molecular weight is 314 g/mol. The van der Waals surface area contributed by atoms with E-state index in [0.29, 0.717) is 10.8 Å². The van der Waals surface area contributed by atoms with Crippen LogP contribution in [0.1, 0.15) is 26.7 Å². The van der Waals surface area contributed by atoms with Gasteiger partial charge in [0.05, 0.1) is 5.69 Å². The lowest BCUT2D eigenvalue weighted by Gasteiger charge is -2.14. The molecule has 6 heteroatoms. The lowest BCUT2D eigenvalue weighted by atomic mass is 10.1. The van der Waals surface area contributed by atoms with Gasteiger partial charge in [0, 0.05) is 18.2 Å². The third kappa shape index (κ3) is 3.66. The van der Waals surface area contributed by atoms with E-state index in [0.717, 1.165) is 10.8 Å². The fourth-order valence-corrected chi connectivity index (χ4v) is 2.21. The quantitative estimate of drug-likeness (QED) is 0.861. The fraction of sp³-hybridized carbons (Fsp3) is 0.235. The Hall–Kier alpha value is -2.89. The first-order valence-corrected chi connectivity index (χ1v) is 7.47. The van der Waals surface area contributed by atoms with Crippen molar-refractivity contribution in [2.45, 2.75) is 26.7 Å². The lowest BCUT2D eigenvalue weighted by molar-refractivity contribution is -0.170. The maximum atomic E-state index is 11.8. The summed E-state index contributed by atoms with van der Waals surface area (Å²) in [5, 5.41) is 4.87. The van der Waals surface area contributed by atoms with Gasteiger partial charge in [-0.1, -0.05) is 50.2 Å². The number of fused-ring (bicyclic) bond motifs is 1. The highest BCUT2D eigenvalue weighted by molar-refractivity contribution is 6.03. The number of hydrogen-bond acceptors (Lipinski definition) is 4. The molecular weight excluding hydrogens is 296 g/mol.